The van der Waals surface area contributed by atoms with Crippen LogP contribution in [0.1, 0.15) is 46.0 Å². The molecule has 1 N–H and O–H groups in total. The lowest BCUT2D eigenvalue weighted by Gasteiger charge is -2.33. The Balaban J connectivity index is 1.71. The van der Waals surface area contributed by atoms with Crippen LogP contribution in [0.4, 0.5) is 0 Å². The third-order valence-corrected chi connectivity index (χ3v) is 7.71. The van der Waals surface area contributed by atoms with Crippen LogP contribution in [0.25, 0.3) is 0 Å². The maximum absolute atomic E-state index is 12.4. The Morgan fingerprint density at radius 2 is 1.77 bits per heavy atom. The molecule has 0 atom stereocenters. The summed E-state index contributed by atoms with van der Waals surface area (Å²) in [6.45, 7) is 5.01. The number of thioether (sulfide) groups is 2. The Labute approximate surface area is 168 Å². The molecule has 2 rings (SSSR count). The van der Waals surface area contributed by atoms with E-state index in [-0.39, 0.29) is 11.8 Å². The average Bonchev–Trinajstić information content (AvgIpc) is 3.10. The van der Waals surface area contributed by atoms with Gasteiger partial charge in [0, 0.05) is 19.6 Å². The highest BCUT2D eigenvalue weighted by atomic mass is 32.2. The van der Waals surface area contributed by atoms with Gasteiger partial charge in [0.2, 0.25) is 11.8 Å². The Kier molecular flexibility index (Phi) is 9.21. The molecule has 9 heteroatoms. The van der Waals surface area contributed by atoms with Gasteiger partial charge in [-0.25, -0.2) is 0 Å². The van der Waals surface area contributed by atoms with Gasteiger partial charge in [-0.2, -0.15) is 0 Å². The highest BCUT2D eigenvalue weighted by Gasteiger charge is 2.24. The molecule has 6 nitrogen and oxygen atoms in total. The van der Waals surface area contributed by atoms with E-state index in [4.69, 9.17) is 0 Å². The molecule has 2 amide bonds. The summed E-state index contributed by atoms with van der Waals surface area (Å²) in [7, 11) is 1.92. The molecule has 0 radical (unpaired) electrons. The van der Waals surface area contributed by atoms with Crippen LogP contribution in [0.5, 0.6) is 0 Å². The molecule has 1 aromatic rings. The predicted octanol–water partition coefficient (Wildman–Crippen LogP) is 3.29. The third-order valence-electron chi connectivity index (χ3n) is 4.53. The van der Waals surface area contributed by atoms with Crippen LogP contribution in [-0.4, -0.2) is 58.1 Å². The molecule has 0 aliphatic heterocycles. The quantitative estimate of drug-likeness (QED) is 0.623. The van der Waals surface area contributed by atoms with Crippen molar-refractivity contribution < 1.29 is 9.59 Å². The van der Waals surface area contributed by atoms with Crippen molar-refractivity contribution >= 4 is 46.7 Å². The van der Waals surface area contributed by atoms with E-state index in [1.54, 1.807) is 0 Å². The summed E-state index contributed by atoms with van der Waals surface area (Å²) < 4.78 is 1.54. The van der Waals surface area contributed by atoms with Gasteiger partial charge in [0.05, 0.1) is 11.5 Å². The fourth-order valence-electron chi connectivity index (χ4n) is 2.82. The van der Waals surface area contributed by atoms with E-state index in [1.807, 2.05) is 18.9 Å². The van der Waals surface area contributed by atoms with Crippen LogP contribution in [0.15, 0.2) is 8.68 Å². The standard InChI is InChI=1S/C17H28N4O2S3/c1-4-9-18-14(22)10-24-16-19-20-17(26-16)25-11-15(23)21(3)13-7-5-12(2)6-8-13/h12-13H,4-11H2,1-3H3,(H,18,22). The van der Waals surface area contributed by atoms with Crippen molar-refractivity contribution in [3.8, 4) is 0 Å². The van der Waals surface area contributed by atoms with Gasteiger partial charge in [-0.1, -0.05) is 48.7 Å². The van der Waals surface area contributed by atoms with Crippen molar-refractivity contribution in [2.45, 2.75) is 60.7 Å². The Morgan fingerprint density at radius 3 is 2.38 bits per heavy atom. The number of carbonyl (C=O) groups excluding carboxylic acids is 2. The van der Waals surface area contributed by atoms with Gasteiger partial charge in [0.25, 0.3) is 0 Å². The van der Waals surface area contributed by atoms with Gasteiger partial charge in [-0.3, -0.25) is 9.59 Å². The zero-order valence-electron chi connectivity index (χ0n) is 15.7. The van der Waals surface area contributed by atoms with Gasteiger partial charge in [-0.15, -0.1) is 10.2 Å². The highest BCUT2D eigenvalue weighted by molar-refractivity contribution is 8.03. The lowest BCUT2D eigenvalue weighted by Crippen LogP contribution is -2.40. The van der Waals surface area contributed by atoms with Crippen molar-refractivity contribution in [3.63, 3.8) is 0 Å². The summed E-state index contributed by atoms with van der Waals surface area (Å²) in [6.07, 6.45) is 5.55. The summed E-state index contributed by atoms with van der Waals surface area (Å²) in [6, 6.07) is 0.376. The Morgan fingerprint density at radius 1 is 1.15 bits per heavy atom. The number of hydrogen-bond acceptors (Lipinski definition) is 7. The number of rotatable bonds is 9. The minimum absolute atomic E-state index is 0.0138. The molecule has 0 unspecified atom stereocenters. The van der Waals surface area contributed by atoms with Crippen LogP contribution in [-0.2, 0) is 9.59 Å². The molecular formula is C17H28N4O2S3. The molecule has 1 fully saturated rings. The number of nitrogens with zero attached hydrogens (tertiary/aromatic N) is 3. The van der Waals surface area contributed by atoms with E-state index < -0.39 is 0 Å². The minimum Gasteiger partial charge on any atom is -0.355 e. The summed E-state index contributed by atoms with van der Waals surface area (Å²) in [5, 5.41) is 11.1. The first-order valence-electron chi connectivity index (χ1n) is 9.11. The van der Waals surface area contributed by atoms with Crippen LogP contribution >= 0.6 is 34.9 Å². The Bertz CT molecular complexity index is 588. The molecule has 1 heterocycles. The fourth-order valence-corrected chi connectivity index (χ4v) is 5.59. The molecule has 26 heavy (non-hydrogen) atoms. The number of hydrogen-bond donors (Lipinski definition) is 1. The van der Waals surface area contributed by atoms with Crippen molar-refractivity contribution in [2.75, 3.05) is 25.1 Å². The summed E-state index contributed by atoms with van der Waals surface area (Å²) in [5.41, 5.74) is 0. The number of aromatic nitrogens is 2. The molecule has 1 aliphatic carbocycles. The van der Waals surface area contributed by atoms with E-state index in [0.717, 1.165) is 33.9 Å². The minimum atomic E-state index is 0.0138. The first-order valence-corrected chi connectivity index (χ1v) is 11.9. The van der Waals surface area contributed by atoms with Gasteiger partial charge in [0.15, 0.2) is 8.68 Å². The largest absolute Gasteiger partial charge is 0.355 e. The van der Waals surface area contributed by atoms with Gasteiger partial charge in [-0.05, 0) is 38.0 Å². The number of carbonyl (C=O) groups is 2. The first-order chi connectivity index (χ1) is 12.5. The topological polar surface area (TPSA) is 75.2 Å². The van der Waals surface area contributed by atoms with Crippen LogP contribution in [0.3, 0.4) is 0 Å². The second-order valence-corrected chi connectivity index (χ2v) is 10.1. The number of amides is 2. The predicted molar refractivity (Wildman–Crippen MR) is 109 cm³/mol. The lowest BCUT2D eigenvalue weighted by atomic mass is 9.87. The molecule has 0 saturated heterocycles. The lowest BCUT2D eigenvalue weighted by molar-refractivity contribution is -0.129. The third kappa shape index (κ3) is 7.08. The van der Waals surface area contributed by atoms with E-state index in [9.17, 15) is 9.59 Å². The van der Waals surface area contributed by atoms with Crippen molar-refractivity contribution in [1.82, 2.24) is 20.4 Å². The summed E-state index contributed by atoms with van der Waals surface area (Å²) >= 11 is 4.26. The summed E-state index contributed by atoms with van der Waals surface area (Å²) in [4.78, 5) is 25.9. The fraction of sp³-hybridized carbons (Fsp3) is 0.765. The molecule has 0 aromatic carbocycles. The highest BCUT2D eigenvalue weighted by Crippen LogP contribution is 2.30. The van der Waals surface area contributed by atoms with Gasteiger partial charge < -0.3 is 10.2 Å². The molecule has 0 spiro atoms. The van der Waals surface area contributed by atoms with Crippen LogP contribution in [0, 0.1) is 5.92 Å². The van der Waals surface area contributed by atoms with Crippen molar-refractivity contribution in [1.29, 1.82) is 0 Å². The molecule has 146 valence electrons. The van der Waals surface area contributed by atoms with Crippen molar-refractivity contribution in [2.24, 2.45) is 5.92 Å². The monoisotopic (exact) mass is 416 g/mol. The first kappa shape index (κ1) is 21.5. The summed E-state index contributed by atoms with van der Waals surface area (Å²) in [5.74, 6) is 1.68. The molecule has 1 saturated carbocycles. The molecule has 1 aromatic heterocycles. The average molecular weight is 417 g/mol. The van der Waals surface area contributed by atoms with Gasteiger partial charge in [0.1, 0.15) is 0 Å². The normalized spacial score (nSPS) is 20.0. The van der Waals surface area contributed by atoms with Crippen LogP contribution in [0.2, 0.25) is 0 Å². The molecule has 1 aliphatic rings. The molecule has 0 bridgehead atoms. The SMILES string of the molecule is CCCNC(=O)CSc1nnc(SCC(=O)N(C)C2CCC(C)CC2)s1. The zero-order chi connectivity index (χ0) is 18.9. The zero-order valence-corrected chi connectivity index (χ0v) is 18.1. The van der Waals surface area contributed by atoms with E-state index in [2.05, 4.69) is 22.4 Å². The maximum atomic E-state index is 12.4. The van der Waals surface area contributed by atoms with E-state index in [1.165, 1.54) is 47.7 Å². The number of nitrogens with one attached hydrogen (secondary N) is 1. The van der Waals surface area contributed by atoms with E-state index >= 15 is 0 Å². The second kappa shape index (κ2) is 11.1. The second-order valence-electron chi connectivity index (χ2n) is 6.68. The molecular weight excluding hydrogens is 388 g/mol. The van der Waals surface area contributed by atoms with Crippen LogP contribution < -0.4 is 5.32 Å². The maximum Gasteiger partial charge on any atom is 0.233 e. The van der Waals surface area contributed by atoms with E-state index in [0.29, 0.717) is 24.1 Å². The van der Waals surface area contributed by atoms with Crippen molar-refractivity contribution in [3.05, 3.63) is 0 Å². The smallest absolute Gasteiger partial charge is 0.233 e. The van der Waals surface area contributed by atoms with Gasteiger partial charge >= 0.3 is 0 Å². The Hall–Kier alpha value is -0.800.